The number of aryl methyl sites for hydroxylation is 4. The Morgan fingerprint density at radius 1 is 0.586 bits per heavy atom. The summed E-state index contributed by atoms with van der Waals surface area (Å²) in [6.07, 6.45) is 22.4. The van der Waals surface area contributed by atoms with E-state index in [1.165, 1.54) is 60.8 Å². The maximum Gasteiger partial charge on any atom is 0.472 e. The van der Waals surface area contributed by atoms with Crippen LogP contribution in [0.15, 0.2) is 8.83 Å². The number of carbonyl (C=O) groups is 2. The number of hydrogen-bond acceptors (Lipinski definition) is 10. The molecule has 2 atom stereocenters. The SMILES string of the molecule is CCCCCc1oc(CCCCCCCCC(=O)OC[C@H](COP(=O)(O)OCCNC)OC(=O)CCCCCCCCc2oc(CCCCC)c(C)c2C)c(C)c1C. The molecule has 0 saturated carbocycles. The van der Waals surface area contributed by atoms with E-state index < -0.39 is 32.5 Å². The number of rotatable bonds is 36. The predicted molar refractivity (Wildman–Crippen MR) is 231 cm³/mol. The molecule has 0 fully saturated rings. The lowest BCUT2D eigenvalue weighted by atomic mass is 10.0. The van der Waals surface area contributed by atoms with Crippen LogP contribution in [0, 0.1) is 27.7 Å². The van der Waals surface area contributed by atoms with Crippen LogP contribution in [-0.4, -0.2) is 56.3 Å². The number of furan rings is 2. The zero-order chi connectivity index (χ0) is 42.6. The van der Waals surface area contributed by atoms with Gasteiger partial charge in [0.05, 0.1) is 13.2 Å². The standard InChI is InChI=1S/C46H80NO10P/c1-8-10-20-26-41-36(3)38(5)43(56-41)28-22-16-12-14-18-24-30-45(48)52-34-40(35-54-58(50,51)53-33-32-47-7)55-46(49)31-25-19-15-13-17-23-29-44-39(6)37(4)42(57-44)27-21-11-9-2/h40,47H,8-35H2,1-7H3,(H,50,51)/t40-/m1/s1. The molecular weight excluding hydrogens is 757 g/mol. The first kappa shape index (κ1) is 51.7. The van der Waals surface area contributed by atoms with E-state index >= 15 is 0 Å². The number of phosphoric ester groups is 1. The molecule has 0 bridgehead atoms. The van der Waals surface area contributed by atoms with Gasteiger partial charge in [-0.15, -0.1) is 0 Å². The van der Waals surface area contributed by atoms with E-state index in [1.54, 1.807) is 7.05 Å². The zero-order valence-corrected chi connectivity index (χ0v) is 38.3. The van der Waals surface area contributed by atoms with Crippen LogP contribution >= 0.6 is 7.82 Å². The lowest BCUT2D eigenvalue weighted by Crippen LogP contribution is -2.29. The maximum absolute atomic E-state index is 12.7. The van der Waals surface area contributed by atoms with Gasteiger partial charge in [-0.25, -0.2) is 4.57 Å². The zero-order valence-electron chi connectivity index (χ0n) is 37.4. The summed E-state index contributed by atoms with van der Waals surface area (Å²) in [5, 5.41) is 2.82. The Morgan fingerprint density at radius 2 is 0.983 bits per heavy atom. The third-order valence-electron chi connectivity index (χ3n) is 11.1. The van der Waals surface area contributed by atoms with Crippen molar-refractivity contribution >= 4 is 19.8 Å². The second kappa shape index (κ2) is 30.6. The van der Waals surface area contributed by atoms with Crippen molar-refractivity contribution in [1.82, 2.24) is 5.32 Å². The van der Waals surface area contributed by atoms with Crippen molar-refractivity contribution in [2.24, 2.45) is 0 Å². The molecule has 1 unspecified atom stereocenters. The van der Waals surface area contributed by atoms with Crippen molar-refractivity contribution in [3.05, 3.63) is 45.3 Å². The van der Waals surface area contributed by atoms with Gasteiger partial charge < -0.3 is 28.5 Å². The molecule has 11 nitrogen and oxygen atoms in total. The van der Waals surface area contributed by atoms with Gasteiger partial charge in [0.1, 0.15) is 29.6 Å². The molecule has 2 heterocycles. The van der Waals surface area contributed by atoms with Crippen molar-refractivity contribution in [3.63, 3.8) is 0 Å². The van der Waals surface area contributed by atoms with E-state index in [2.05, 4.69) is 46.9 Å². The number of carbonyl (C=O) groups excluding carboxylic acids is 2. The molecule has 2 aromatic rings. The Morgan fingerprint density at radius 3 is 1.41 bits per heavy atom. The number of likely N-dealkylation sites (N-methyl/N-ethyl adjacent to an activating group) is 1. The minimum absolute atomic E-state index is 0.0324. The predicted octanol–water partition coefficient (Wildman–Crippen LogP) is 11.6. The van der Waals surface area contributed by atoms with Crippen molar-refractivity contribution in [2.45, 2.75) is 202 Å². The van der Waals surface area contributed by atoms with Gasteiger partial charge in [0.2, 0.25) is 0 Å². The van der Waals surface area contributed by atoms with Crippen LogP contribution in [0.1, 0.15) is 188 Å². The number of nitrogens with one attached hydrogen (secondary N) is 1. The smallest absolute Gasteiger partial charge is 0.466 e. The molecule has 0 amide bonds. The van der Waals surface area contributed by atoms with E-state index in [1.807, 2.05) is 0 Å². The van der Waals surface area contributed by atoms with E-state index in [9.17, 15) is 19.0 Å². The molecule has 2 aromatic heterocycles. The molecule has 0 saturated heterocycles. The quantitative estimate of drug-likeness (QED) is 0.0384. The molecule has 2 rings (SSSR count). The van der Waals surface area contributed by atoms with Gasteiger partial charge in [0, 0.05) is 45.1 Å². The van der Waals surface area contributed by atoms with E-state index in [-0.39, 0.29) is 26.1 Å². The number of unbranched alkanes of at least 4 members (excludes halogenated alkanes) is 14. The highest BCUT2D eigenvalue weighted by Crippen LogP contribution is 2.43. The lowest BCUT2D eigenvalue weighted by Gasteiger charge is -2.20. The molecular formula is C46H80NO10P. The summed E-state index contributed by atoms with van der Waals surface area (Å²) in [6.45, 7) is 12.7. The molecule has 0 aromatic carbocycles. The van der Waals surface area contributed by atoms with Crippen LogP contribution < -0.4 is 5.32 Å². The minimum Gasteiger partial charge on any atom is -0.466 e. The minimum atomic E-state index is -4.38. The first-order valence-electron chi connectivity index (χ1n) is 22.7. The van der Waals surface area contributed by atoms with Gasteiger partial charge in [-0.2, -0.15) is 0 Å². The molecule has 0 spiro atoms. The van der Waals surface area contributed by atoms with Crippen molar-refractivity contribution in [1.29, 1.82) is 0 Å². The molecule has 0 radical (unpaired) electrons. The van der Waals surface area contributed by atoms with E-state index in [0.717, 1.165) is 113 Å². The van der Waals surface area contributed by atoms with Crippen LogP contribution in [-0.2, 0) is 58.4 Å². The second-order valence-corrected chi connectivity index (χ2v) is 17.5. The third-order valence-corrected chi connectivity index (χ3v) is 12.1. The largest absolute Gasteiger partial charge is 0.472 e. The van der Waals surface area contributed by atoms with Gasteiger partial charge in [0.15, 0.2) is 6.10 Å². The summed E-state index contributed by atoms with van der Waals surface area (Å²) in [7, 11) is -2.69. The highest BCUT2D eigenvalue weighted by atomic mass is 31.2. The molecule has 2 N–H and O–H groups in total. The normalized spacial score (nSPS) is 13.2. The van der Waals surface area contributed by atoms with Crippen molar-refractivity contribution < 1.29 is 46.4 Å². The number of esters is 2. The molecule has 0 aliphatic carbocycles. The average molecular weight is 838 g/mol. The maximum atomic E-state index is 12.7. The Kier molecular flexibility index (Phi) is 27.3. The van der Waals surface area contributed by atoms with E-state index in [4.69, 9.17) is 27.4 Å². The van der Waals surface area contributed by atoms with Crippen LogP contribution in [0.2, 0.25) is 0 Å². The lowest BCUT2D eigenvalue weighted by molar-refractivity contribution is -0.161. The topological polar surface area (TPSA) is 147 Å². The van der Waals surface area contributed by atoms with Crippen LogP contribution in [0.3, 0.4) is 0 Å². The Bertz CT molecular complexity index is 1470. The van der Waals surface area contributed by atoms with Crippen molar-refractivity contribution in [3.8, 4) is 0 Å². The second-order valence-electron chi connectivity index (χ2n) is 16.0. The molecule has 58 heavy (non-hydrogen) atoms. The van der Waals surface area contributed by atoms with Gasteiger partial charge in [0.25, 0.3) is 0 Å². The average Bonchev–Trinajstić information content (AvgIpc) is 3.62. The van der Waals surface area contributed by atoms with Crippen LogP contribution in [0.25, 0.3) is 0 Å². The van der Waals surface area contributed by atoms with Crippen LogP contribution in [0.5, 0.6) is 0 Å². The number of phosphoric acid groups is 1. The monoisotopic (exact) mass is 838 g/mol. The third kappa shape index (κ3) is 21.7. The highest BCUT2D eigenvalue weighted by molar-refractivity contribution is 7.47. The summed E-state index contributed by atoms with van der Waals surface area (Å²) in [5.41, 5.74) is 5.21. The van der Waals surface area contributed by atoms with Gasteiger partial charge >= 0.3 is 19.8 Å². The Labute approximate surface area is 351 Å². The first-order valence-corrected chi connectivity index (χ1v) is 24.2. The fraction of sp³-hybridized carbons (Fsp3) is 0.783. The van der Waals surface area contributed by atoms with Gasteiger partial charge in [-0.1, -0.05) is 90.9 Å². The van der Waals surface area contributed by atoms with Gasteiger partial charge in [-0.3, -0.25) is 18.6 Å². The van der Waals surface area contributed by atoms with E-state index in [0.29, 0.717) is 19.4 Å². The fourth-order valence-corrected chi connectivity index (χ4v) is 7.84. The summed E-state index contributed by atoms with van der Waals surface area (Å²) in [4.78, 5) is 35.4. The fourth-order valence-electron chi connectivity index (χ4n) is 7.09. The molecule has 0 aliphatic heterocycles. The van der Waals surface area contributed by atoms with Crippen LogP contribution in [0.4, 0.5) is 0 Å². The summed E-state index contributed by atoms with van der Waals surface area (Å²) < 4.78 is 45.8. The summed E-state index contributed by atoms with van der Waals surface area (Å²) >= 11 is 0. The molecule has 334 valence electrons. The Hall–Kier alpha value is -2.43. The number of ether oxygens (including phenoxy) is 2. The highest BCUT2D eigenvalue weighted by Gasteiger charge is 2.26. The molecule has 0 aliphatic rings. The first-order chi connectivity index (χ1) is 27.9. The summed E-state index contributed by atoms with van der Waals surface area (Å²) in [5.74, 6) is 3.69. The van der Waals surface area contributed by atoms with Crippen molar-refractivity contribution in [2.75, 3.05) is 33.4 Å². The molecule has 12 heteroatoms. The number of hydrogen-bond donors (Lipinski definition) is 2. The Balaban J connectivity index is 1.66. The van der Waals surface area contributed by atoms with Gasteiger partial charge in [-0.05, 0) is 95.5 Å². The summed E-state index contributed by atoms with van der Waals surface area (Å²) in [6, 6.07) is 0.